The zero-order chi connectivity index (χ0) is 14.3. The normalized spacial score (nSPS) is 12.9. The van der Waals surface area contributed by atoms with Crippen LogP contribution in [0.5, 0.6) is 0 Å². The van der Waals surface area contributed by atoms with Gasteiger partial charge in [0.25, 0.3) is 0 Å². The number of aliphatic hydroxyl groups is 1. The van der Waals surface area contributed by atoms with Crippen LogP contribution in [-0.4, -0.2) is 23.8 Å². The summed E-state index contributed by atoms with van der Waals surface area (Å²) in [6.45, 7) is 7.04. The molecule has 0 amide bonds. The van der Waals surface area contributed by atoms with Gasteiger partial charge in [0.15, 0.2) is 0 Å². The number of hydrogen-bond acceptors (Lipinski definition) is 3. The third-order valence-corrected chi connectivity index (χ3v) is 4.56. The molecule has 2 rings (SSSR count). The molecule has 1 N–H and O–H groups in total. The van der Waals surface area contributed by atoms with E-state index in [2.05, 4.69) is 0 Å². The van der Waals surface area contributed by atoms with Crippen LogP contribution in [0.2, 0.25) is 0 Å². The van der Waals surface area contributed by atoms with Crippen molar-refractivity contribution in [2.45, 2.75) is 38.9 Å². The first kappa shape index (κ1) is 14.5. The lowest BCUT2D eigenvalue weighted by Gasteiger charge is -2.37. The average Bonchev–Trinajstić information content (AvgIpc) is 2.70. The summed E-state index contributed by atoms with van der Waals surface area (Å²) in [5.41, 5.74) is -0.869. The van der Waals surface area contributed by atoms with E-state index in [0.29, 0.717) is 4.70 Å². The molecule has 2 aromatic rings. The molecule has 1 aromatic carbocycles. The smallest absolute Gasteiger partial charge is 0.332 e. The van der Waals surface area contributed by atoms with Crippen LogP contribution in [0.25, 0.3) is 10.1 Å². The van der Waals surface area contributed by atoms with E-state index < -0.39 is 11.2 Å². The van der Waals surface area contributed by atoms with Gasteiger partial charge in [0.1, 0.15) is 5.82 Å². The Morgan fingerprint density at radius 1 is 1.26 bits per heavy atom. The van der Waals surface area contributed by atoms with Crippen LogP contribution in [0.3, 0.4) is 0 Å². The van der Waals surface area contributed by atoms with Crippen LogP contribution < -0.4 is 5.46 Å². The predicted octanol–water partition coefficient (Wildman–Crippen LogP) is 2.85. The molecule has 0 saturated heterocycles. The molecule has 0 atom stereocenters. The molecule has 0 fully saturated rings. The Kier molecular flexibility index (Phi) is 3.73. The maximum Gasteiger partial charge on any atom is 0.332 e. The molecule has 0 aliphatic rings. The lowest BCUT2D eigenvalue weighted by molar-refractivity contribution is -0.0892. The van der Waals surface area contributed by atoms with Crippen molar-refractivity contribution >= 4 is 34.4 Å². The summed E-state index contributed by atoms with van der Waals surface area (Å²) in [5.74, 6) is -0.219. The summed E-state index contributed by atoms with van der Waals surface area (Å²) in [4.78, 5) is 0. The van der Waals surface area contributed by atoms with Crippen LogP contribution in [0.15, 0.2) is 23.6 Å². The molecule has 1 heterocycles. The summed E-state index contributed by atoms with van der Waals surface area (Å²) in [7, 11) is 1.59. The number of benzene rings is 1. The van der Waals surface area contributed by atoms with Gasteiger partial charge >= 0.3 is 7.48 Å². The highest BCUT2D eigenvalue weighted by molar-refractivity contribution is 7.18. The van der Waals surface area contributed by atoms with E-state index in [1.165, 1.54) is 17.4 Å². The van der Waals surface area contributed by atoms with E-state index in [1.807, 2.05) is 25.3 Å². The minimum Gasteiger partial charge on any atom is -0.427 e. The number of halogens is 1. The molecule has 0 aliphatic heterocycles. The minimum absolute atomic E-state index is 0.219. The molecule has 2 nitrogen and oxygen atoms in total. The molecule has 1 radical (unpaired) electrons. The largest absolute Gasteiger partial charge is 0.427 e. The molecule has 0 unspecified atom stereocenters. The van der Waals surface area contributed by atoms with Crippen LogP contribution in [-0.2, 0) is 4.65 Å². The van der Waals surface area contributed by atoms with E-state index in [4.69, 9.17) is 4.65 Å². The topological polar surface area (TPSA) is 29.5 Å². The molecule has 19 heavy (non-hydrogen) atoms. The van der Waals surface area contributed by atoms with Gasteiger partial charge in [0.05, 0.1) is 15.9 Å². The first-order chi connectivity index (χ1) is 8.72. The van der Waals surface area contributed by atoms with Gasteiger partial charge in [-0.15, -0.1) is 11.3 Å². The SMILES string of the molecule is CC(C)(O)C(C)(C)O[B]c1csc2c(F)cccc12. The number of hydrogen-bond donors (Lipinski definition) is 1. The van der Waals surface area contributed by atoms with Crippen molar-refractivity contribution in [3.63, 3.8) is 0 Å². The Balaban J connectivity index is 2.22. The molecular weight excluding hydrogens is 262 g/mol. The minimum atomic E-state index is -0.972. The fourth-order valence-corrected chi connectivity index (χ4v) is 2.41. The van der Waals surface area contributed by atoms with Crippen molar-refractivity contribution in [2.24, 2.45) is 0 Å². The number of fused-ring (bicyclic) bond motifs is 1. The molecule has 0 spiro atoms. The van der Waals surface area contributed by atoms with Crippen LogP contribution in [0.1, 0.15) is 27.7 Å². The Morgan fingerprint density at radius 2 is 1.95 bits per heavy atom. The van der Waals surface area contributed by atoms with E-state index in [1.54, 1.807) is 27.4 Å². The molecule has 0 aliphatic carbocycles. The Bertz CT molecular complexity index is 587. The summed E-state index contributed by atoms with van der Waals surface area (Å²) in [6.07, 6.45) is 0. The second kappa shape index (κ2) is 4.89. The number of thiophene rings is 1. The van der Waals surface area contributed by atoms with Crippen LogP contribution >= 0.6 is 11.3 Å². The maximum absolute atomic E-state index is 13.6. The average molecular weight is 279 g/mol. The molecule has 0 saturated carbocycles. The van der Waals surface area contributed by atoms with E-state index in [-0.39, 0.29) is 5.82 Å². The van der Waals surface area contributed by atoms with Crippen molar-refractivity contribution in [3.05, 3.63) is 29.4 Å². The molecule has 5 heteroatoms. The highest BCUT2D eigenvalue weighted by atomic mass is 32.1. The standard InChI is InChI=1S/C14H17BFO2S/c1-13(2,17)14(3,4)18-15-10-8-19-12-9(10)6-5-7-11(12)16/h5-8,17H,1-4H3. The van der Waals surface area contributed by atoms with Gasteiger partial charge in [-0.2, -0.15) is 0 Å². The third-order valence-electron chi connectivity index (χ3n) is 3.54. The zero-order valence-electron chi connectivity index (χ0n) is 11.5. The van der Waals surface area contributed by atoms with Crippen molar-refractivity contribution in [3.8, 4) is 0 Å². The zero-order valence-corrected chi connectivity index (χ0v) is 12.3. The monoisotopic (exact) mass is 279 g/mol. The molecule has 0 bridgehead atoms. The first-order valence-corrected chi connectivity index (χ1v) is 6.99. The Hall–Kier alpha value is -0.905. The van der Waals surface area contributed by atoms with Crippen molar-refractivity contribution in [1.29, 1.82) is 0 Å². The van der Waals surface area contributed by atoms with Gasteiger partial charge in [-0.05, 0) is 50.0 Å². The van der Waals surface area contributed by atoms with Gasteiger partial charge in [0, 0.05) is 0 Å². The fraction of sp³-hybridized carbons (Fsp3) is 0.429. The Labute approximate surface area is 117 Å². The second-order valence-corrected chi connectivity index (χ2v) is 6.49. The predicted molar refractivity (Wildman–Crippen MR) is 78.6 cm³/mol. The highest BCUT2D eigenvalue weighted by Gasteiger charge is 2.35. The van der Waals surface area contributed by atoms with E-state index >= 15 is 0 Å². The van der Waals surface area contributed by atoms with Gasteiger partial charge in [-0.25, -0.2) is 4.39 Å². The van der Waals surface area contributed by atoms with Crippen molar-refractivity contribution < 1.29 is 14.2 Å². The lowest BCUT2D eigenvalue weighted by Crippen LogP contribution is -2.49. The maximum atomic E-state index is 13.6. The summed E-state index contributed by atoms with van der Waals surface area (Å²) < 4.78 is 19.9. The third kappa shape index (κ3) is 2.83. The second-order valence-electron chi connectivity index (χ2n) is 5.61. The first-order valence-electron chi connectivity index (χ1n) is 6.11. The summed E-state index contributed by atoms with van der Waals surface area (Å²) in [5, 5.41) is 12.7. The molecule has 1 aromatic heterocycles. The molecular formula is C14H17BFO2S. The van der Waals surface area contributed by atoms with Crippen LogP contribution in [0.4, 0.5) is 4.39 Å². The van der Waals surface area contributed by atoms with Crippen molar-refractivity contribution in [1.82, 2.24) is 0 Å². The van der Waals surface area contributed by atoms with Gasteiger partial charge < -0.3 is 9.76 Å². The fourth-order valence-electron chi connectivity index (χ4n) is 1.49. The van der Waals surface area contributed by atoms with Crippen molar-refractivity contribution in [2.75, 3.05) is 0 Å². The van der Waals surface area contributed by atoms with Crippen LogP contribution in [0, 0.1) is 5.82 Å². The van der Waals surface area contributed by atoms with E-state index in [9.17, 15) is 9.50 Å². The lowest BCUT2D eigenvalue weighted by atomic mass is 9.82. The summed E-state index contributed by atoms with van der Waals surface area (Å²) in [6, 6.07) is 4.99. The highest BCUT2D eigenvalue weighted by Crippen LogP contribution is 2.26. The van der Waals surface area contributed by atoms with E-state index in [0.717, 1.165) is 10.8 Å². The Morgan fingerprint density at radius 3 is 2.58 bits per heavy atom. The molecule has 101 valence electrons. The van der Waals surface area contributed by atoms with Gasteiger partial charge in [0.2, 0.25) is 0 Å². The quantitative estimate of drug-likeness (QED) is 0.872. The van der Waals surface area contributed by atoms with Gasteiger partial charge in [-0.1, -0.05) is 12.1 Å². The summed E-state index contributed by atoms with van der Waals surface area (Å²) >= 11 is 1.35. The van der Waals surface area contributed by atoms with Gasteiger partial charge in [-0.3, -0.25) is 0 Å². The number of rotatable bonds is 4.